The third-order valence-electron chi connectivity index (χ3n) is 2.95. The van der Waals surface area contributed by atoms with E-state index in [0.29, 0.717) is 32.1 Å². The highest BCUT2D eigenvalue weighted by Crippen LogP contribution is 2.34. The molecule has 4 nitrogen and oxygen atoms in total. The molecular formula is C12H14ClF3N2O2. The van der Waals surface area contributed by atoms with Gasteiger partial charge in [0.1, 0.15) is 11.0 Å². The number of anilines is 1. The maximum atomic E-state index is 12.6. The van der Waals surface area contributed by atoms with Crippen molar-refractivity contribution in [2.75, 3.05) is 38.3 Å². The van der Waals surface area contributed by atoms with Gasteiger partial charge in [-0.25, -0.2) is 4.98 Å². The number of alkyl halides is 3. The van der Waals surface area contributed by atoms with E-state index in [2.05, 4.69) is 4.98 Å². The summed E-state index contributed by atoms with van der Waals surface area (Å²) in [5.74, 6) is 0.410. The quantitative estimate of drug-likeness (QED) is 0.804. The molecule has 0 bridgehead atoms. The molecule has 1 aliphatic rings. The Hall–Kier alpha value is -1.05. The predicted molar refractivity (Wildman–Crippen MR) is 68.1 cm³/mol. The van der Waals surface area contributed by atoms with Gasteiger partial charge in [0, 0.05) is 20.2 Å². The van der Waals surface area contributed by atoms with Crippen LogP contribution in [0.4, 0.5) is 19.0 Å². The standard InChI is InChI=1S/C12H14ClF3N2O2/c1-19-7-8-6-18(4-5-20-8)10-3-2-9(11(13)17-10)12(14,15)16/h2-3,8H,4-7H2,1H3/t8-/m1/s1. The van der Waals surface area contributed by atoms with Gasteiger partial charge in [0.15, 0.2) is 0 Å². The van der Waals surface area contributed by atoms with Gasteiger partial charge in [-0.15, -0.1) is 0 Å². The van der Waals surface area contributed by atoms with Crippen molar-refractivity contribution in [3.63, 3.8) is 0 Å². The van der Waals surface area contributed by atoms with Crippen LogP contribution < -0.4 is 4.90 Å². The summed E-state index contributed by atoms with van der Waals surface area (Å²) < 4.78 is 48.3. The Morgan fingerprint density at radius 3 is 2.85 bits per heavy atom. The van der Waals surface area contributed by atoms with Gasteiger partial charge in [0.25, 0.3) is 0 Å². The molecule has 0 radical (unpaired) electrons. The summed E-state index contributed by atoms with van der Waals surface area (Å²) in [5, 5.41) is -0.537. The minimum atomic E-state index is -4.49. The first kappa shape index (κ1) is 15.3. The molecule has 0 spiro atoms. The summed E-state index contributed by atoms with van der Waals surface area (Å²) >= 11 is 5.62. The lowest BCUT2D eigenvalue weighted by Crippen LogP contribution is -2.44. The predicted octanol–water partition coefficient (Wildman–Crippen LogP) is 2.61. The molecule has 1 aliphatic heterocycles. The Morgan fingerprint density at radius 2 is 2.25 bits per heavy atom. The van der Waals surface area contributed by atoms with E-state index in [1.165, 1.54) is 6.07 Å². The Morgan fingerprint density at radius 1 is 1.50 bits per heavy atom. The van der Waals surface area contributed by atoms with Crippen LogP contribution >= 0.6 is 11.6 Å². The monoisotopic (exact) mass is 310 g/mol. The van der Waals surface area contributed by atoms with Gasteiger partial charge >= 0.3 is 6.18 Å². The van der Waals surface area contributed by atoms with E-state index in [1.54, 1.807) is 7.11 Å². The summed E-state index contributed by atoms with van der Waals surface area (Å²) in [6.07, 6.45) is -4.62. The molecule has 1 atom stereocenters. The number of hydrogen-bond acceptors (Lipinski definition) is 4. The van der Waals surface area contributed by atoms with Gasteiger partial charge in [0.05, 0.1) is 24.9 Å². The number of ether oxygens (including phenoxy) is 2. The van der Waals surface area contributed by atoms with E-state index < -0.39 is 16.9 Å². The highest BCUT2D eigenvalue weighted by Gasteiger charge is 2.34. The first-order chi connectivity index (χ1) is 9.41. The third-order valence-corrected chi connectivity index (χ3v) is 3.24. The van der Waals surface area contributed by atoms with Crippen molar-refractivity contribution in [2.24, 2.45) is 0 Å². The van der Waals surface area contributed by atoms with Crippen LogP contribution in [0, 0.1) is 0 Å². The van der Waals surface area contributed by atoms with Crippen LogP contribution in [0.25, 0.3) is 0 Å². The van der Waals surface area contributed by atoms with E-state index in [4.69, 9.17) is 21.1 Å². The molecular weight excluding hydrogens is 297 g/mol. The van der Waals surface area contributed by atoms with Crippen LogP contribution in [0.1, 0.15) is 5.56 Å². The largest absolute Gasteiger partial charge is 0.419 e. The molecule has 0 aromatic carbocycles. The first-order valence-electron chi connectivity index (χ1n) is 6.01. The van der Waals surface area contributed by atoms with Gasteiger partial charge in [-0.2, -0.15) is 13.2 Å². The Balaban J connectivity index is 2.15. The fourth-order valence-corrected chi connectivity index (χ4v) is 2.28. The van der Waals surface area contributed by atoms with Crippen LogP contribution in [-0.2, 0) is 15.7 Å². The topological polar surface area (TPSA) is 34.6 Å². The second-order valence-electron chi connectivity index (χ2n) is 4.40. The minimum Gasteiger partial charge on any atom is -0.382 e. The molecule has 0 N–H and O–H groups in total. The second-order valence-corrected chi connectivity index (χ2v) is 4.76. The molecule has 1 aromatic heterocycles. The third kappa shape index (κ3) is 3.53. The average Bonchev–Trinajstić information content (AvgIpc) is 2.38. The van der Waals surface area contributed by atoms with Crippen molar-refractivity contribution in [3.05, 3.63) is 22.8 Å². The summed E-state index contributed by atoms with van der Waals surface area (Å²) in [5.41, 5.74) is -0.926. The lowest BCUT2D eigenvalue weighted by Gasteiger charge is -2.33. The van der Waals surface area contributed by atoms with E-state index in [1.807, 2.05) is 4.90 Å². The molecule has 2 heterocycles. The molecule has 0 amide bonds. The minimum absolute atomic E-state index is 0.128. The van der Waals surface area contributed by atoms with Gasteiger partial charge < -0.3 is 14.4 Å². The Labute approximate surface area is 119 Å². The fraction of sp³-hybridized carbons (Fsp3) is 0.583. The smallest absolute Gasteiger partial charge is 0.382 e. The molecule has 0 saturated carbocycles. The Bertz CT molecular complexity index is 469. The number of aromatic nitrogens is 1. The lowest BCUT2D eigenvalue weighted by atomic mass is 10.2. The zero-order valence-corrected chi connectivity index (χ0v) is 11.5. The molecule has 8 heteroatoms. The number of halogens is 4. The van der Waals surface area contributed by atoms with Crippen LogP contribution in [0.3, 0.4) is 0 Å². The second kappa shape index (κ2) is 6.15. The number of hydrogen-bond donors (Lipinski definition) is 0. The highest BCUT2D eigenvalue weighted by molar-refractivity contribution is 6.30. The highest BCUT2D eigenvalue weighted by atomic mass is 35.5. The summed E-state index contributed by atoms with van der Waals surface area (Å²) in [6.45, 7) is 1.94. The maximum Gasteiger partial charge on any atom is 0.419 e. The normalized spacial score (nSPS) is 20.2. The van der Waals surface area contributed by atoms with Crippen LogP contribution in [0.2, 0.25) is 5.15 Å². The van der Waals surface area contributed by atoms with Crippen molar-refractivity contribution >= 4 is 17.4 Å². The summed E-state index contributed by atoms with van der Waals surface area (Å²) in [6, 6.07) is 2.27. The average molecular weight is 311 g/mol. The molecule has 0 aliphatic carbocycles. The first-order valence-corrected chi connectivity index (χ1v) is 6.39. The van der Waals surface area contributed by atoms with E-state index in [0.717, 1.165) is 6.07 Å². The van der Waals surface area contributed by atoms with E-state index in [9.17, 15) is 13.2 Å². The number of methoxy groups -OCH3 is 1. The molecule has 2 rings (SSSR count). The van der Waals surface area contributed by atoms with Gasteiger partial charge in [-0.3, -0.25) is 0 Å². The van der Waals surface area contributed by atoms with Crippen molar-refractivity contribution in [1.29, 1.82) is 0 Å². The van der Waals surface area contributed by atoms with Gasteiger partial charge in [0.2, 0.25) is 0 Å². The van der Waals surface area contributed by atoms with Crippen molar-refractivity contribution in [3.8, 4) is 0 Å². The number of rotatable bonds is 3. The van der Waals surface area contributed by atoms with Crippen molar-refractivity contribution in [2.45, 2.75) is 12.3 Å². The van der Waals surface area contributed by atoms with Crippen molar-refractivity contribution in [1.82, 2.24) is 4.98 Å². The van der Waals surface area contributed by atoms with Gasteiger partial charge in [-0.1, -0.05) is 11.6 Å². The molecule has 0 unspecified atom stereocenters. The van der Waals surface area contributed by atoms with E-state index in [-0.39, 0.29) is 6.10 Å². The Kier molecular flexibility index (Phi) is 4.72. The molecule has 1 aromatic rings. The molecule has 1 saturated heterocycles. The number of morpholine rings is 1. The van der Waals surface area contributed by atoms with Crippen molar-refractivity contribution < 1.29 is 22.6 Å². The van der Waals surface area contributed by atoms with Crippen LogP contribution in [0.5, 0.6) is 0 Å². The SMILES string of the molecule is COC[C@H]1CN(c2ccc(C(F)(F)F)c(Cl)n2)CCO1. The molecule has 1 fully saturated rings. The summed E-state index contributed by atoms with van der Waals surface area (Å²) in [7, 11) is 1.57. The van der Waals surface area contributed by atoms with Crippen LogP contribution in [-0.4, -0.2) is 44.5 Å². The maximum absolute atomic E-state index is 12.6. The van der Waals surface area contributed by atoms with Gasteiger partial charge in [-0.05, 0) is 12.1 Å². The summed E-state index contributed by atoms with van der Waals surface area (Å²) in [4.78, 5) is 5.67. The zero-order chi connectivity index (χ0) is 14.8. The lowest BCUT2D eigenvalue weighted by molar-refractivity contribution is -0.137. The number of nitrogens with zero attached hydrogens (tertiary/aromatic N) is 2. The number of pyridine rings is 1. The van der Waals surface area contributed by atoms with E-state index >= 15 is 0 Å². The molecule has 20 heavy (non-hydrogen) atoms. The van der Waals surface area contributed by atoms with Crippen LogP contribution in [0.15, 0.2) is 12.1 Å². The fourth-order valence-electron chi connectivity index (χ4n) is 2.03. The molecule has 112 valence electrons. The zero-order valence-electron chi connectivity index (χ0n) is 10.8.